The van der Waals surface area contributed by atoms with Crippen molar-refractivity contribution < 1.29 is 9.53 Å². The fraction of sp³-hybridized carbons (Fsp3) is 0.185. The average Bonchev–Trinajstić information content (AvgIpc) is 3.41. The van der Waals surface area contributed by atoms with E-state index < -0.39 is 0 Å². The number of ether oxygens (including phenoxy) is 1. The van der Waals surface area contributed by atoms with E-state index in [0.717, 1.165) is 34.0 Å². The van der Waals surface area contributed by atoms with Gasteiger partial charge in [-0.25, -0.2) is 9.50 Å². The average molecular weight is 467 g/mol. The third kappa shape index (κ3) is 4.26. The van der Waals surface area contributed by atoms with Crippen molar-refractivity contribution in [2.75, 3.05) is 12.4 Å². The Morgan fingerprint density at radius 3 is 2.63 bits per heavy atom. The van der Waals surface area contributed by atoms with Crippen LogP contribution in [0.15, 0.2) is 67.0 Å². The Balaban J connectivity index is 1.42. The fourth-order valence-electron chi connectivity index (χ4n) is 4.15. The number of hydrogen-bond acceptors (Lipinski definition) is 5. The Bertz CT molecular complexity index is 1530. The van der Waals surface area contributed by atoms with Crippen molar-refractivity contribution in [3.63, 3.8) is 0 Å². The minimum absolute atomic E-state index is 0.277. The van der Waals surface area contributed by atoms with Crippen LogP contribution in [0.2, 0.25) is 0 Å². The molecular weight excluding hydrogens is 440 g/mol. The molecule has 2 aromatic carbocycles. The predicted molar refractivity (Wildman–Crippen MR) is 135 cm³/mol. The summed E-state index contributed by atoms with van der Waals surface area (Å²) in [5.41, 5.74) is 7.30. The van der Waals surface area contributed by atoms with Crippen LogP contribution in [0.3, 0.4) is 0 Å². The monoisotopic (exact) mass is 466 g/mol. The van der Waals surface area contributed by atoms with E-state index in [0.29, 0.717) is 23.4 Å². The summed E-state index contributed by atoms with van der Waals surface area (Å²) in [5.74, 6) is 0.517. The van der Waals surface area contributed by atoms with Gasteiger partial charge in [0, 0.05) is 11.8 Å². The summed E-state index contributed by atoms with van der Waals surface area (Å²) in [6, 6.07) is 17.9. The van der Waals surface area contributed by atoms with Gasteiger partial charge in [0.05, 0.1) is 42.6 Å². The van der Waals surface area contributed by atoms with Crippen LogP contribution in [0.5, 0.6) is 5.75 Å². The van der Waals surface area contributed by atoms with E-state index in [4.69, 9.17) is 4.74 Å². The molecule has 0 spiro atoms. The molecule has 5 rings (SSSR count). The van der Waals surface area contributed by atoms with Crippen molar-refractivity contribution in [1.82, 2.24) is 24.4 Å². The van der Waals surface area contributed by atoms with Gasteiger partial charge in [0.1, 0.15) is 11.3 Å². The molecule has 0 fully saturated rings. The van der Waals surface area contributed by atoms with Crippen molar-refractivity contribution in [1.29, 1.82) is 0 Å². The Morgan fingerprint density at radius 1 is 1.06 bits per heavy atom. The number of carbonyl (C=O) groups excluding carboxylic acids is 1. The molecular formula is C27H26N6O2. The highest BCUT2D eigenvalue weighted by Crippen LogP contribution is 2.25. The quantitative estimate of drug-likeness (QED) is 0.387. The van der Waals surface area contributed by atoms with Crippen molar-refractivity contribution in [2.45, 2.75) is 27.3 Å². The second kappa shape index (κ2) is 9.06. The van der Waals surface area contributed by atoms with Gasteiger partial charge in [-0.1, -0.05) is 42.0 Å². The number of nitrogens with zero attached hydrogens (tertiary/aromatic N) is 5. The molecule has 3 heterocycles. The highest BCUT2D eigenvalue weighted by atomic mass is 16.5. The van der Waals surface area contributed by atoms with E-state index >= 15 is 0 Å². The van der Waals surface area contributed by atoms with Crippen LogP contribution in [0.4, 0.5) is 5.69 Å². The minimum Gasteiger partial charge on any atom is -0.497 e. The maximum absolute atomic E-state index is 13.3. The molecule has 0 saturated heterocycles. The number of aryl methyl sites for hydroxylation is 2. The molecule has 0 radical (unpaired) electrons. The number of nitrogens with one attached hydrogen (secondary N) is 1. The van der Waals surface area contributed by atoms with Crippen molar-refractivity contribution in [2.24, 2.45) is 0 Å². The van der Waals surface area contributed by atoms with E-state index in [-0.39, 0.29) is 5.91 Å². The van der Waals surface area contributed by atoms with Gasteiger partial charge in [-0.15, -0.1) is 0 Å². The van der Waals surface area contributed by atoms with Crippen LogP contribution in [0.1, 0.15) is 32.9 Å². The molecule has 0 aliphatic carbocycles. The van der Waals surface area contributed by atoms with E-state index in [9.17, 15) is 4.79 Å². The highest BCUT2D eigenvalue weighted by molar-refractivity contribution is 6.08. The Kier molecular flexibility index (Phi) is 5.78. The summed E-state index contributed by atoms with van der Waals surface area (Å²) < 4.78 is 8.90. The largest absolute Gasteiger partial charge is 0.497 e. The van der Waals surface area contributed by atoms with Gasteiger partial charge >= 0.3 is 0 Å². The Labute approximate surface area is 203 Å². The van der Waals surface area contributed by atoms with Crippen molar-refractivity contribution in [3.8, 4) is 17.0 Å². The van der Waals surface area contributed by atoms with Crippen molar-refractivity contribution >= 4 is 17.2 Å². The summed E-state index contributed by atoms with van der Waals surface area (Å²) in [5, 5.41) is 12.1. The first-order valence-corrected chi connectivity index (χ1v) is 11.3. The molecule has 0 aliphatic heterocycles. The van der Waals surface area contributed by atoms with Gasteiger partial charge in [-0.2, -0.15) is 10.2 Å². The molecule has 1 amide bonds. The van der Waals surface area contributed by atoms with Crippen LogP contribution < -0.4 is 10.1 Å². The van der Waals surface area contributed by atoms with Crippen LogP contribution >= 0.6 is 0 Å². The molecule has 1 N–H and O–H groups in total. The van der Waals surface area contributed by atoms with Gasteiger partial charge in [0.25, 0.3) is 5.91 Å². The molecule has 8 nitrogen and oxygen atoms in total. The number of benzene rings is 2. The van der Waals surface area contributed by atoms with Gasteiger partial charge < -0.3 is 10.1 Å². The molecule has 0 atom stereocenters. The lowest BCUT2D eigenvalue weighted by Gasteiger charge is -2.08. The summed E-state index contributed by atoms with van der Waals surface area (Å²) >= 11 is 0. The zero-order valence-electron chi connectivity index (χ0n) is 20.1. The minimum atomic E-state index is -0.277. The van der Waals surface area contributed by atoms with Gasteiger partial charge in [0.2, 0.25) is 0 Å². The molecule has 5 aromatic rings. The number of hydrogen-bond donors (Lipinski definition) is 1. The van der Waals surface area contributed by atoms with E-state index in [2.05, 4.69) is 20.5 Å². The first-order valence-electron chi connectivity index (χ1n) is 11.3. The van der Waals surface area contributed by atoms with Gasteiger partial charge in [0.15, 0.2) is 5.65 Å². The molecule has 0 unspecified atom stereocenters. The molecule has 3 aromatic heterocycles. The lowest BCUT2D eigenvalue weighted by molar-refractivity contribution is 0.102. The number of aromatic nitrogens is 5. The molecule has 8 heteroatoms. The number of methoxy groups -OCH3 is 1. The maximum atomic E-state index is 13.3. The number of anilines is 1. The zero-order valence-corrected chi connectivity index (χ0v) is 20.1. The second-order valence-corrected chi connectivity index (χ2v) is 8.50. The smallest absolute Gasteiger partial charge is 0.261 e. The van der Waals surface area contributed by atoms with Crippen LogP contribution in [0.25, 0.3) is 16.9 Å². The standard InChI is InChI=1S/C27H26N6O2/c1-17-8-10-21(11-9-17)24-12-13-28-26-23(15-29-33(24)26)27(34)30-25-18(2)31-32(19(25)3)16-20-6-5-7-22(14-20)35-4/h5-15H,16H2,1-4H3,(H,30,34). The fourth-order valence-corrected chi connectivity index (χ4v) is 4.15. The molecule has 176 valence electrons. The lowest BCUT2D eigenvalue weighted by atomic mass is 10.1. The van der Waals surface area contributed by atoms with Crippen molar-refractivity contribution in [3.05, 3.63) is 95.1 Å². The SMILES string of the molecule is COc1cccc(Cn2nc(C)c(NC(=O)c3cnn4c(-c5ccc(C)cc5)ccnc34)c2C)c1. The molecule has 35 heavy (non-hydrogen) atoms. The van der Waals surface area contributed by atoms with Gasteiger partial charge in [-0.3, -0.25) is 9.48 Å². The first kappa shape index (κ1) is 22.3. The third-order valence-corrected chi connectivity index (χ3v) is 6.08. The van der Waals surface area contributed by atoms with Gasteiger partial charge in [-0.05, 0) is 44.5 Å². The highest BCUT2D eigenvalue weighted by Gasteiger charge is 2.20. The van der Waals surface area contributed by atoms with E-state index in [1.54, 1.807) is 24.0 Å². The molecule has 0 bridgehead atoms. The number of fused-ring (bicyclic) bond motifs is 1. The van der Waals surface area contributed by atoms with Crippen LogP contribution in [0, 0.1) is 20.8 Å². The Hall–Kier alpha value is -4.46. The lowest BCUT2D eigenvalue weighted by Crippen LogP contribution is -2.13. The third-order valence-electron chi connectivity index (χ3n) is 6.08. The Morgan fingerprint density at radius 2 is 1.86 bits per heavy atom. The summed E-state index contributed by atoms with van der Waals surface area (Å²) in [6.07, 6.45) is 3.26. The van der Waals surface area contributed by atoms with Crippen LogP contribution in [-0.2, 0) is 6.54 Å². The summed E-state index contributed by atoms with van der Waals surface area (Å²) in [4.78, 5) is 17.7. The zero-order chi connectivity index (χ0) is 24.5. The number of rotatable bonds is 6. The molecule has 0 aliphatic rings. The second-order valence-electron chi connectivity index (χ2n) is 8.50. The number of carbonyl (C=O) groups is 1. The van der Waals surface area contributed by atoms with Crippen LogP contribution in [-0.4, -0.2) is 37.4 Å². The number of amides is 1. The van der Waals surface area contributed by atoms with E-state index in [1.807, 2.05) is 80.1 Å². The first-order chi connectivity index (χ1) is 16.9. The topological polar surface area (TPSA) is 86.3 Å². The maximum Gasteiger partial charge on any atom is 0.261 e. The summed E-state index contributed by atoms with van der Waals surface area (Å²) in [6.45, 7) is 6.44. The predicted octanol–water partition coefficient (Wildman–Crippen LogP) is 4.83. The molecule has 0 saturated carbocycles. The normalized spacial score (nSPS) is 11.1. The van der Waals surface area contributed by atoms with E-state index in [1.165, 1.54) is 5.56 Å². The summed E-state index contributed by atoms with van der Waals surface area (Å²) in [7, 11) is 1.65.